The van der Waals surface area contributed by atoms with Crippen molar-refractivity contribution in [3.8, 4) is 0 Å². The van der Waals surface area contributed by atoms with E-state index in [4.69, 9.17) is 9.47 Å². The molecule has 0 radical (unpaired) electrons. The Kier molecular flexibility index (Phi) is 5.55. The average molecular weight is 358 g/mol. The largest absolute Gasteiger partial charge is 0.375 e. The van der Waals surface area contributed by atoms with Crippen molar-refractivity contribution in [2.75, 3.05) is 26.3 Å². The molecule has 2 saturated heterocycles. The topological polar surface area (TPSA) is 51.7 Å². The van der Waals surface area contributed by atoms with Crippen LogP contribution in [0.4, 0.5) is 0 Å². The monoisotopic (exact) mass is 358 g/mol. The zero-order valence-corrected chi connectivity index (χ0v) is 15.6. The third-order valence-corrected chi connectivity index (χ3v) is 6.31. The summed E-state index contributed by atoms with van der Waals surface area (Å²) in [4.78, 5) is 18.7. The van der Waals surface area contributed by atoms with Gasteiger partial charge in [0.2, 0.25) is 5.91 Å². The first-order valence-electron chi connectivity index (χ1n) is 10.1. The summed E-state index contributed by atoms with van der Waals surface area (Å²) in [6.45, 7) is 3.89. The molecule has 1 spiro atoms. The van der Waals surface area contributed by atoms with Gasteiger partial charge in [-0.05, 0) is 62.5 Å². The van der Waals surface area contributed by atoms with E-state index >= 15 is 0 Å². The van der Waals surface area contributed by atoms with Crippen LogP contribution in [0.25, 0.3) is 0 Å². The summed E-state index contributed by atoms with van der Waals surface area (Å²) in [6, 6.07) is 5.91. The summed E-state index contributed by atoms with van der Waals surface area (Å²) in [7, 11) is 0. The summed E-state index contributed by atoms with van der Waals surface area (Å²) in [5, 5.41) is 0. The van der Waals surface area contributed by atoms with Crippen molar-refractivity contribution in [1.82, 2.24) is 9.88 Å². The van der Waals surface area contributed by atoms with Gasteiger partial charge in [-0.3, -0.25) is 9.78 Å². The van der Waals surface area contributed by atoms with Crippen LogP contribution in [-0.2, 0) is 20.9 Å². The number of rotatable bonds is 7. The molecule has 2 aliphatic heterocycles. The molecule has 0 bridgehead atoms. The minimum atomic E-state index is -0.0231. The van der Waals surface area contributed by atoms with E-state index in [2.05, 4.69) is 9.88 Å². The van der Waals surface area contributed by atoms with Crippen LogP contribution in [0.2, 0.25) is 0 Å². The number of hydrogen-bond donors (Lipinski definition) is 0. The second-order valence-electron chi connectivity index (χ2n) is 8.09. The minimum Gasteiger partial charge on any atom is -0.375 e. The van der Waals surface area contributed by atoms with Crippen molar-refractivity contribution >= 4 is 5.91 Å². The maximum absolute atomic E-state index is 12.3. The molecule has 1 amide bonds. The van der Waals surface area contributed by atoms with Crippen LogP contribution < -0.4 is 0 Å². The van der Waals surface area contributed by atoms with E-state index in [-0.39, 0.29) is 5.60 Å². The van der Waals surface area contributed by atoms with Crippen LogP contribution in [0.5, 0.6) is 0 Å². The fourth-order valence-electron chi connectivity index (χ4n) is 4.46. The molecule has 142 valence electrons. The molecular formula is C21H30N2O3. The van der Waals surface area contributed by atoms with Crippen molar-refractivity contribution in [3.05, 3.63) is 30.1 Å². The molecule has 1 saturated carbocycles. The Morgan fingerprint density at radius 1 is 1.27 bits per heavy atom. The number of likely N-dealkylation sites (tertiary alicyclic amines) is 1. The lowest BCUT2D eigenvalue weighted by Crippen LogP contribution is -2.49. The third kappa shape index (κ3) is 4.26. The van der Waals surface area contributed by atoms with Gasteiger partial charge in [0.1, 0.15) is 0 Å². The molecule has 1 aromatic rings. The lowest BCUT2D eigenvalue weighted by Gasteiger charge is -2.42. The Hall–Kier alpha value is -1.46. The van der Waals surface area contributed by atoms with Crippen molar-refractivity contribution < 1.29 is 14.3 Å². The first-order chi connectivity index (χ1) is 12.8. The summed E-state index contributed by atoms with van der Waals surface area (Å²) in [5.74, 6) is 1.58. The van der Waals surface area contributed by atoms with Gasteiger partial charge in [-0.25, -0.2) is 0 Å². The highest BCUT2D eigenvalue weighted by atomic mass is 16.5. The lowest BCUT2D eigenvalue weighted by molar-refractivity contribution is -0.138. The van der Waals surface area contributed by atoms with Crippen LogP contribution in [0.15, 0.2) is 24.4 Å². The summed E-state index contributed by atoms with van der Waals surface area (Å²) < 4.78 is 12.1. The number of nitrogens with zero attached hydrogens (tertiary/aromatic N) is 2. The molecule has 1 aromatic heterocycles. The van der Waals surface area contributed by atoms with Gasteiger partial charge in [-0.1, -0.05) is 6.07 Å². The predicted molar refractivity (Wildman–Crippen MR) is 98.5 cm³/mol. The lowest BCUT2D eigenvalue weighted by atomic mass is 9.78. The van der Waals surface area contributed by atoms with Gasteiger partial charge in [-0.2, -0.15) is 0 Å². The maximum atomic E-state index is 12.3. The quantitative estimate of drug-likeness (QED) is 0.703. The van der Waals surface area contributed by atoms with Crippen LogP contribution in [0, 0.1) is 11.8 Å². The summed E-state index contributed by atoms with van der Waals surface area (Å²) in [5.41, 5.74) is 0.956. The van der Waals surface area contributed by atoms with Crippen LogP contribution >= 0.6 is 0 Å². The fourth-order valence-corrected chi connectivity index (χ4v) is 4.46. The Morgan fingerprint density at radius 2 is 2.12 bits per heavy atom. The van der Waals surface area contributed by atoms with Gasteiger partial charge in [0, 0.05) is 38.9 Å². The van der Waals surface area contributed by atoms with Gasteiger partial charge >= 0.3 is 0 Å². The van der Waals surface area contributed by atoms with E-state index in [1.807, 2.05) is 18.2 Å². The average Bonchev–Trinajstić information content (AvgIpc) is 3.41. The highest BCUT2D eigenvalue weighted by molar-refractivity contribution is 5.76. The van der Waals surface area contributed by atoms with E-state index in [9.17, 15) is 4.79 Å². The number of aromatic nitrogens is 1. The molecule has 5 nitrogen and oxygen atoms in total. The third-order valence-electron chi connectivity index (χ3n) is 6.31. The maximum Gasteiger partial charge on any atom is 0.222 e. The number of carbonyl (C=O) groups excluding carboxylic acids is 1. The van der Waals surface area contributed by atoms with Crippen LogP contribution in [0.1, 0.15) is 50.6 Å². The zero-order valence-electron chi connectivity index (χ0n) is 15.6. The van der Waals surface area contributed by atoms with Gasteiger partial charge in [0.25, 0.3) is 0 Å². The Balaban J connectivity index is 1.22. The molecule has 1 unspecified atom stereocenters. The number of amides is 1. The van der Waals surface area contributed by atoms with Gasteiger partial charge in [-0.15, -0.1) is 0 Å². The standard InChI is InChI=1S/C21H30N2O3/c24-20(15-17-4-5-17)23-11-8-21(9-12-23)18(7-14-26-21)6-13-25-16-19-3-1-2-10-22-19/h1-3,10,17-18H,4-9,11-16H2. The van der Waals surface area contributed by atoms with Crippen LogP contribution in [-0.4, -0.2) is 47.7 Å². The van der Waals surface area contributed by atoms with E-state index < -0.39 is 0 Å². The fraction of sp³-hybridized carbons (Fsp3) is 0.714. The SMILES string of the molecule is O=C(CC1CC1)N1CCC2(CC1)OCCC2CCOCc1ccccn1. The highest BCUT2D eigenvalue weighted by Crippen LogP contribution is 2.43. The predicted octanol–water partition coefficient (Wildman–Crippen LogP) is 3.19. The Bertz CT molecular complexity index is 595. The first kappa shape index (κ1) is 17.9. The number of pyridine rings is 1. The van der Waals surface area contributed by atoms with Crippen molar-refractivity contribution in [2.45, 2.75) is 57.2 Å². The zero-order chi connectivity index (χ0) is 17.8. The van der Waals surface area contributed by atoms with Gasteiger partial charge in [0.05, 0.1) is 17.9 Å². The normalized spacial score (nSPS) is 24.9. The van der Waals surface area contributed by atoms with Crippen molar-refractivity contribution in [1.29, 1.82) is 0 Å². The second-order valence-corrected chi connectivity index (χ2v) is 8.09. The van der Waals surface area contributed by atoms with E-state index in [0.29, 0.717) is 24.3 Å². The van der Waals surface area contributed by atoms with E-state index in [0.717, 1.165) is 64.1 Å². The van der Waals surface area contributed by atoms with Gasteiger partial charge < -0.3 is 14.4 Å². The summed E-state index contributed by atoms with van der Waals surface area (Å²) in [6.07, 6.45) is 9.16. The molecule has 1 atom stereocenters. The second kappa shape index (κ2) is 8.05. The molecule has 4 rings (SSSR count). The molecule has 5 heteroatoms. The molecule has 1 aliphatic carbocycles. The van der Waals surface area contributed by atoms with Gasteiger partial charge in [0.15, 0.2) is 0 Å². The number of piperidine rings is 1. The summed E-state index contributed by atoms with van der Waals surface area (Å²) >= 11 is 0. The molecule has 3 heterocycles. The van der Waals surface area contributed by atoms with Crippen molar-refractivity contribution in [3.63, 3.8) is 0 Å². The first-order valence-corrected chi connectivity index (χ1v) is 10.1. The molecular weight excluding hydrogens is 328 g/mol. The molecule has 26 heavy (non-hydrogen) atoms. The van der Waals surface area contributed by atoms with Crippen LogP contribution in [0.3, 0.4) is 0 Å². The Labute approximate surface area is 156 Å². The number of carbonyl (C=O) groups is 1. The number of ether oxygens (including phenoxy) is 2. The molecule has 0 N–H and O–H groups in total. The molecule has 3 aliphatic rings. The molecule has 3 fully saturated rings. The van der Waals surface area contributed by atoms with E-state index in [1.165, 1.54) is 12.8 Å². The highest BCUT2D eigenvalue weighted by Gasteiger charge is 2.46. The van der Waals surface area contributed by atoms with Crippen molar-refractivity contribution in [2.24, 2.45) is 11.8 Å². The smallest absolute Gasteiger partial charge is 0.222 e. The molecule has 0 aromatic carbocycles. The number of hydrogen-bond acceptors (Lipinski definition) is 4. The van der Waals surface area contributed by atoms with E-state index in [1.54, 1.807) is 6.20 Å². The minimum absolute atomic E-state index is 0.0231. The Morgan fingerprint density at radius 3 is 2.85 bits per heavy atom.